The topological polar surface area (TPSA) is 43.4 Å². The van der Waals surface area contributed by atoms with E-state index in [1.165, 1.54) is 21.6 Å². The molecule has 1 aromatic rings. The third kappa shape index (κ3) is 5.65. The van der Waals surface area contributed by atoms with E-state index in [1.807, 2.05) is 26.0 Å². The minimum absolute atomic E-state index is 0.0796. The molecule has 0 radical (unpaired) electrons. The van der Waals surface area contributed by atoms with Crippen molar-refractivity contribution in [3.63, 3.8) is 0 Å². The molecule has 0 aliphatic heterocycles. The van der Waals surface area contributed by atoms with Crippen molar-refractivity contribution in [2.24, 2.45) is 0 Å². The van der Waals surface area contributed by atoms with Gasteiger partial charge in [0.1, 0.15) is 11.0 Å². The molecular formula is C12H18O3S3. The highest BCUT2D eigenvalue weighted by molar-refractivity contribution is 8.77. The zero-order valence-corrected chi connectivity index (χ0v) is 13.0. The van der Waals surface area contributed by atoms with Gasteiger partial charge in [0, 0.05) is 6.61 Å². The Kier molecular flexibility index (Phi) is 7.14. The molecule has 18 heavy (non-hydrogen) atoms. The molecule has 0 heterocycles. The van der Waals surface area contributed by atoms with Crippen molar-refractivity contribution in [1.82, 2.24) is 0 Å². The second kappa shape index (κ2) is 8.09. The van der Waals surface area contributed by atoms with Gasteiger partial charge in [-0.15, -0.1) is 0 Å². The fraction of sp³-hybridized carbons (Fsp3) is 0.500. The van der Waals surface area contributed by atoms with E-state index in [9.17, 15) is 8.42 Å². The van der Waals surface area contributed by atoms with Crippen LogP contribution in [0.25, 0.3) is 0 Å². The third-order valence-corrected chi connectivity index (χ3v) is 6.85. The summed E-state index contributed by atoms with van der Waals surface area (Å²) in [5, 5.41) is 0.0796. The Bertz CT molecular complexity index is 440. The molecule has 0 fully saturated rings. The first-order chi connectivity index (χ1) is 8.56. The van der Waals surface area contributed by atoms with E-state index >= 15 is 0 Å². The van der Waals surface area contributed by atoms with Crippen molar-refractivity contribution in [2.75, 3.05) is 17.6 Å². The van der Waals surface area contributed by atoms with E-state index in [1.54, 1.807) is 12.1 Å². The first-order valence-corrected chi connectivity index (χ1v) is 9.82. The third-order valence-electron chi connectivity index (χ3n) is 2.15. The fourth-order valence-corrected chi connectivity index (χ4v) is 5.47. The van der Waals surface area contributed by atoms with Crippen LogP contribution >= 0.6 is 21.6 Å². The molecular weight excluding hydrogens is 288 g/mol. The standard InChI is InChI=1S/C12H18O3S3/c1-3-8-15-9-16-17-10-18(13,14)12-6-4-11(2)5-7-12/h4-7H,3,8-10H2,1-2H3. The molecule has 0 saturated heterocycles. The molecule has 0 aliphatic carbocycles. The average Bonchev–Trinajstić information content (AvgIpc) is 2.34. The molecule has 0 spiro atoms. The summed E-state index contributed by atoms with van der Waals surface area (Å²) in [6, 6.07) is 6.94. The second-order valence-corrected chi connectivity index (χ2v) is 8.57. The van der Waals surface area contributed by atoms with Crippen LogP contribution in [-0.4, -0.2) is 26.0 Å². The maximum atomic E-state index is 12.0. The molecule has 1 aromatic carbocycles. The molecule has 0 bridgehead atoms. The first-order valence-electron chi connectivity index (χ1n) is 5.68. The summed E-state index contributed by atoms with van der Waals surface area (Å²) in [5.41, 5.74) is 1.06. The number of aryl methyl sites for hydroxylation is 1. The Hall–Kier alpha value is -0.170. The Morgan fingerprint density at radius 1 is 1.17 bits per heavy atom. The quantitative estimate of drug-likeness (QED) is 0.418. The number of hydrogen-bond donors (Lipinski definition) is 0. The van der Waals surface area contributed by atoms with E-state index in [0.717, 1.165) is 18.6 Å². The van der Waals surface area contributed by atoms with Gasteiger partial charge in [0.05, 0.1) is 4.90 Å². The summed E-state index contributed by atoms with van der Waals surface area (Å²) in [7, 11) is -0.437. The number of hydrogen-bond acceptors (Lipinski definition) is 5. The largest absolute Gasteiger partial charge is 0.370 e. The minimum atomic E-state index is -3.18. The van der Waals surface area contributed by atoms with Gasteiger partial charge in [0.2, 0.25) is 0 Å². The lowest BCUT2D eigenvalue weighted by Gasteiger charge is -2.05. The molecule has 0 saturated carbocycles. The molecule has 3 nitrogen and oxygen atoms in total. The zero-order chi connectivity index (χ0) is 13.4. The molecule has 0 amide bonds. The lowest BCUT2D eigenvalue weighted by Crippen LogP contribution is -2.03. The first kappa shape index (κ1) is 15.9. The van der Waals surface area contributed by atoms with Crippen LogP contribution in [0, 0.1) is 6.92 Å². The Morgan fingerprint density at radius 3 is 2.44 bits per heavy atom. The molecule has 0 aromatic heterocycles. The van der Waals surface area contributed by atoms with Crippen molar-refractivity contribution in [3.05, 3.63) is 29.8 Å². The summed E-state index contributed by atoms with van der Waals surface area (Å²) in [6.07, 6.45) is 0.979. The summed E-state index contributed by atoms with van der Waals surface area (Å²) in [5.74, 6) is 0.530. The lowest BCUT2D eigenvalue weighted by molar-refractivity contribution is 0.184. The van der Waals surface area contributed by atoms with E-state index in [2.05, 4.69) is 0 Å². The van der Waals surface area contributed by atoms with E-state index in [4.69, 9.17) is 4.74 Å². The van der Waals surface area contributed by atoms with Crippen molar-refractivity contribution in [2.45, 2.75) is 25.2 Å². The number of rotatable bonds is 8. The van der Waals surface area contributed by atoms with Crippen molar-refractivity contribution in [3.8, 4) is 0 Å². The fourth-order valence-electron chi connectivity index (χ4n) is 1.18. The second-order valence-electron chi connectivity index (χ2n) is 3.81. The van der Waals surface area contributed by atoms with Crippen LogP contribution in [0.2, 0.25) is 0 Å². The van der Waals surface area contributed by atoms with Gasteiger partial charge in [-0.05, 0) is 25.5 Å². The van der Waals surface area contributed by atoms with Gasteiger partial charge in [0.15, 0.2) is 9.84 Å². The molecule has 0 unspecified atom stereocenters. The van der Waals surface area contributed by atoms with Gasteiger partial charge in [0.25, 0.3) is 0 Å². The van der Waals surface area contributed by atoms with Crippen LogP contribution in [0.5, 0.6) is 0 Å². The van der Waals surface area contributed by atoms with E-state index < -0.39 is 9.84 Å². The van der Waals surface area contributed by atoms with Gasteiger partial charge < -0.3 is 4.74 Å². The van der Waals surface area contributed by atoms with Gasteiger partial charge in [-0.1, -0.05) is 46.2 Å². The van der Waals surface area contributed by atoms with Gasteiger partial charge in [-0.25, -0.2) is 8.42 Å². The van der Waals surface area contributed by atoms with Crippen LogP contribution in [0.4, 0.5) is 0 Å². The van der Waals surface area contributed by atoms with Crippen molar-refractivity contribution >= 4 is 31.4 Å². The zero-order valence-electron chi connectivity index (χ0n) is 10.6. The smallest absolute Gasteiger partial charge is 0.188 e. The van der Waals surface area contributed by atoms with Crippen LogP contribution in [0.1, 0.15) is 18.9 Å². The number of ether oxygens (including phenoxy) is 1. The minimum Gasteiger partial charge on any atom is -0.370 e. The normalized spacial score (nSPS) is 11.7. The molecule has 1 rings (SSSR count). The Balaban J connectivity index is 2.38. The molecule has 0 N–H and O–H groups in total. The molecule has 0 atom stereocenters. The summed E-state index contributed by atoms with van der Waals surface area (Å²) in [4.78, 5) is 0.385. The lowest BCUT2D eigenvalue weighted by atomic mass is 10.2. The van der Waals surface area contributed by atoms with E-state index in [0.29, 0.717) is 10.8 Å². The van der Waals surface area contributed by atoms with E-state index in [-0.39, 0.29) is 5.08 Å². The molecule has 0 aliphatic rings. The predicted molar refractivity (Wildman–Crippen MR) is 79.5 cm³/mol. The SMILES string of the molecule is CCCOCSSCS(=O)(=O)c1ccc(C)cc1. The van der Waals surface area contributed by atoms with Crippen molar-refractivity contribution in [1.29, 1.82) is 0 Å². The summed E-state index contributed by atoms with van der Waals surface area (Å²) >= 11 is 0. The number of benzene rings is 1. The average molecular weight is 306 g/mol. The monoisotopic (exact) mass is 306 g/mol. The maximum Gasteiger partial charge on any atom is 0.188 e. The molecule has 102 valence electrons. The Labute approximate surface area is 117 Å². The van der Waals surface area contributed by atoms with Gasteiger partial charge >= 0.3 is 0 Å². The highest BCUT2D eigenvalue weighted by Gasteiger charge is 2.14. The van der Waals surface area contributed by atoms with Gasteiger partial charge in [-0.3, -0.25) is 0 Å². The predicted octanol–water partition coefficient (Wildman–Crippen LogP) is 3.49. The number of sulfone groups is 1. The molecule has 6 heteroatoms. The highest BCUT2D eigenvalue weighted by Crippen LogP contribution is 2.26. The van der Waals surface area contributed by atoms with Crippen molar-refractivity contribution < 1.29 is 13.2 Å². The van der Waals surface area contributed by atoms with Crippen LogP contribution < -0.4 is 0 Å². The van der Waals surface area contributed by atoms with Crippen LogP contribution in [0.15, 0.2) is 29.2 Å². The van der Waals surface area contributed by atoms with Gasteiger partial charge in [-0.2, -0.15) is 0 Å². The summed E-state index contributed by atoms with van der Waals surface area (Å²) in [6.45, 7) is 4.70. The van der Waals surface area contributed by atoms with Crippen LogP contribution in [0.3, 0.4) is 0 Å². The Morgan fingerprint density at radius 2 is 1.83 bits per heavy atom. The highest BCUT2D eigenvalue weighted by atomic mass is 33.1. The maximum absolute atomic E-state index is 12.0. The summed E-state index contributed by atoms with van der Waals surface area (Å²) < 4.78 is 29.2. The van der Waals surface area contributed by atoms with Crippen LogP contribution in [-0.2, 0) is 14.6 Å².